The van der Waals surface area contributed by atoms with Crippen molar-refractivity contribution in [3.63, 3.8) is 0 Å². The number of hydrogen-bond acceptors (Lipinski definition) is 3. The van der Waals surface area contributed by atoms with Crippen molar-refractivity contribution in [2.45, 2.75) is 19.0 Å². The molecular formula is C5H9FO3S. The average Bonchev–Trinajstić information content (AvgIpc) is 1.79. The molecule has 1 unspecified atom stereocenters. The first-order chi connectivity index (χ1) is 4.41. The third kappa shape index (κ3) is 1.91. The molecule has 0 amide bonds. The van der Waals surface area contributed by atoms with E-state index in [0.717, 1.165) is 0 Å². The predicted molar refractivity (Wildman–Crippen MR) is 33.9 cm³/mol. The van der Waals surface area contributed by atoms with Gasteiger partial charge in [-0.25, -0.2) is 4.39 Å². The van der Waals surface area contributed by atoms with Crippen LogP contribution in [0.3, 0.4) is 0 Å². The maximum absolute atomic E-state index is 12.8. The lowest BCUT2D eigenvalue weighted by atomic mass is 10.1. The molecule has 10 heavy (non-hydrogen) atoms. The molecule has 0 aliphatic carbocycles. The van der Waals surface area contributed by atoms with E-state index in [4.69, 9.17) is 0 Å². The highest BCUT2D eigenvalue weighted by Crippen LogP contribution is 2.22. The molecule has 0 aromatic rings. The van der Waals surface area contributed by atoms with E-state index in [1.165, 1.54) is 6.92 Å². The molecule has 3 nitrogen and oxygen atoms in total. The van der Waals surface area contributed by atoms with Crippen molar-refractivity contribution in [3.05, 3.63) is 0 Å². The minimum atomic E-state index is -3.39. The molecule has 0 saturated carbocycles. The number of rotatable bonds is 0. The van der Waals surface area contributed by atoms with Crippen molar-refractivity contribution in [2.24, 2.45) is 0 Å². The Kier molecular flexibility index (Phi) is 1.72. The maximum Gasteiger partial charge on any atom is 0.267 e. The molecule has 0 spiro atoms. The van der Waals surface area contributed by atoms with Gasteiger partial charge in [0.05, 0.1) is 5.75 Å². The lowest BCUT2D eigenvalue weighted by molar-refractivity contribution is 0.0870. The number of alkyl halides is 1. The molecule has 60 valence electrons. The van der Waals surface area contributed by atoms with Crippen LogP contribution in [0.25, 0.3) is 0 Å². The van der Waals surface area contributed by atoms with Gasteiger partial charge >= 0.3 is 0 Å². The minimum Gasteiger partial charge on any atom is -0.267 e. The third-order valence-corrected chi connectivity index (χ3v) is 2.59. The van der Waals surface area contributed by atoms with Crippen molar-refractivity contribution in [1.29, 1.82) is 0 Å². The lowest BCUT2D eigenvalue weighted by Crippen LogP contribution is -2.35. The Balaban J connectivity index is 2.63. The zero-order chi connectivity index (χ0) is 7.83. The van der Waals surface area contributed by atoms with E-state index in [2.05, 4.69) is 4.18 Å². The van der Waals surface area contributed by atoms with E-state index >= 15 is 0 Å². The van der Waals surface area contributed by atoms with Crippen molar-refractivity contribution in [2.75, 3.05) is 12.4 Å². The highest BCUT2D eigenvalue weighted by molar-refractivity contribution is 7.86. The van der Waals surface area contributed by atoms with Gasteiger partial charge in [0.25, 0.3) is 10.1 Å². The molecule has 0 N–H and O–H groups in total. The monoisotopic (exact) mass is 168 g/mol. The summed E-state index contributed by atoms with van der Waals surface area (Å²) in [7, 11) is -3.39. The van der Waals surface area contributed by atoms with Crippen LogP contribution in [0.15, 0.2) is 0 Å². The third-order valence-electron chi connectivity index (χ3n) is 1.41. The Morgan fingerprint density at radius 1 is 1.60 bits per heavy atom. The first-order valence-corrected chi connectivity index (χ1v) is 4.55. The van der Waals surface area contributed by atoms with Crippen molar-refractivity contribution in [3.8, 4) is 0 Å². The fraction of sp³-hybridized carbons (Fsp3) is 1.00. The Bertz CT molecular complexity index is 203. The van der Waals surface area contributed by atoms with Crippen LogP contribution in [-0.2, 0) is 14.3 Å². The zero-order valence-electron chi connectivity index (χ0n) is 5.63. The molecule has 1 saturated heterocycles. The average molecular weight is 168 g/mol. The van der Waals surface area contributed by atoms with Crippen molar-refractivity contribution >= 4 is 10.1 Å². The summed E-state index contributed by atoms with van der Waals surface area (Å²) in [5.74, 6) is -0.208. The summed E-state index contributed by atoms with van der Waals surface area (Å²) in [4.78, 5) is 0. The Morgan fingerprint density at radius 3 is 2.50 bits per heavy atom. The van der Waals surface area contributed by atoms with Crippen LogP contribution in [0.1, 0.15) is 13.3 Å². The first kappa shape index (κ1) is 7.94. The van der Waals surface area contributed by atoms with Gasteiger partial charge in [-0.3, -0.25) is 4.18 Å². The summed E-state index contributed by atoms with van der Waals surface area (Å²) in [6, 6.07) is 0. The molecule has 0 bridgehead atoms. The predicted octanol–water partition coefficient (Wildman–Crippen LogP) is 0.465. The molecule has 1 rings (SSSR count). The van der Waals surface area contributed by atoms with E-state index < -0.39 is 15.8 Å². The van der Waals surface area contributed by atoms with Gasteiger partial charge in [-0.05, 0) is 13.3 Å². The molecule has 1 atom stereocenters. The summed E-state index contributed by atoms with van der Waals surface area (Å²) in [6.07, 6.45) is 0.0370. The van der Waals surface area contributed by atoms with Gasteiger partial charge in [-0.15, -0.1) is 0 Å². The van der Waals surface area contributed by atoms with Gasteiger partial charge in [-0.2, -0.15) is 8.42 Å². The highest BCUT2D eigenvalue weighted by Gasteiger charge is 2.33. The van der Waals surface area contributed by atoms with Crippen LogP contribution in [-0.4, -0.2) is 26.4 Å². The van der Waals surface area contributed by atoms with Gasteiger partial charge in [0, 0.05) is 0 Å². The maximum atomic E-state index is 12.8. The fourth-order valence-electron chi connectivity index (χ4n) is 0.682. The normalized spacial score (nSPS) is 39.4. The summed E-state index contributed by atoms with van der Waals surface area (Å²) >= 11 is 0. The molecule has 1 aliphatic rings. The summed E-state index contributed by atoms with van der Waals surface area (Å²) in [5, 5.41) is 0. The van der Waals surface area contributed by atoms with Crippen LogP contribution in [0.2, 0.25) is 0 Å². The van der Waals surface area contributed by atoms with E-state index in [0.29, 0.717) is 0 Å². The second-order valence-electron chi connectivity index (χ2n) is 2.69. The molecule has 0 radical (unpaired) electrons. The molecule has 0 aromatic carbocycles. The van der Waals surface area contributed by atoms with E-state index in [-0.39, 0.29) is 18.8 Å². The Labute approximate surface area is 59.3 Å². The Hall–Kier alpha value is -0.160. The summed E-state index contributed by atoms with van der Waals surface area (Å²) in [6.45, 7) is 0.997. The zero-order valence-corrected chi connectivity index (χ0v) is 6.45. The van der Waals surface area contributed by atoms with Gasteiger partial charge < -0.3 is 0 Å². The standard InChI is InChI=1S/C5H9FO3S/c1-5(6)2-3-10(7,8)9-4-5/h2-4H2,1H3. The van der Waals surface area contributed by atoms with Crippen LogP contribution >= 0.6 is 0 Å². The van der Waals surface area contributed by atoms with Crippen LogP contribution < -0.4 is 0 Å². The second-order valence-corrected chi connectivity index (χ2v) is 4.45. The number of halogens is 1. The highest BCUT2D eigenvalue weighted by atomic mass is 32.2. The molecular weight excluding hydrogens is 159 g/mol. The van der Waals surface area contributed by atoms with E-state index in [1.54, 1.807) is 0 Å². The molecule has 1 aliphatic heterocycles. The second kappa shape index (κ2) is 2.17. The molecule has 1 heterocycles. The van der Waals surface area contributed by atoms with Crippen LogP contribution in [0.5, 0.6) is 0 Å². The fourth-order valence-corrected chi connectivity index (χ4v) is 1.90. The van der Waals surface area contributed by atoms with Crippen LogP contribution in [0, 0.1) is 0 Å². The molecule has 0 aromatic heterocycles. The van der Waals surface area contributed by atoms with E-state index in [9.17, 15) is 12.8 Å². The van der Waals surface area contributed by atoms with E-state index in [1.807, 2.05) is 0 Å². The SMILES string of the molecule is CC1(F)CCS(=O)(=O)OC1. The summed E-state index contributed by atoms with van der Waals surface area (Å²) < 4.78 is 38.2. The quantitative estimate of drug-likeness (QED) is 0.494. The lowest BCUT2D eigenvalue weighted by Gasteiger charge is -2.24. The molecule has 5 heteroatoms. The van der Waals surface area contributed by atoms with Crippen molar-refractivity contribution in [1.82, 2.24) is 0 Å². The molecule has 1 fully saturated rings. The number of hydrogen-bond donors (Lipinski definition) is 0. The van der Waals surface area contributed by atoms with Crippen LogP contribution in [0.4, 0.5) is 4.39 Å². The summed E-state index contributed by atoms with van der Waals surface area (Å²) in [5.41, 5.74) is -1.47. The smallest absolute Gasteiger partial charge is 0.267 e. The van der Waals surface area contributed by atoms with Gasteiger partial charge in [-0.1, -0.05) is 0 Å². The Morgan fingerprint density at radius 2 is 2.20 bits per heavy atom. The first-order valence-electron chi connectivity index (χ1n) is 2.97. The van der Waals surface area contributed by atoms with Gasteiger partial charge in [0.2, 0.25) is 0 Å². The van der Waals surface area contributed by atoms with Gasteiger partial charge in [0.15, 0.2) is 0 Å². The topological polar surface area (TPSA) is 43.4 Å². The van der Waals surface area contributed by atoms with Crippen molar-refractivity contribution < 1.29 is 17.0 Å². The van der Waals surface area contributed by atoms with Gasteiger partial charge in [0.1, 0.15) is 12.3 Å². The largest absolute Gasteiger partial charge is 0.267 e. The minimum absolute atomic E-state index is 0.0370.